The lowest BCUT2D eigenvalue weighted by Crippen LogP contribution is -2.32. The van der Waals surface area contributed by atoms with E-state index < -0.39 is 17.8 Å². The van der Waals surface area contributed by atoms with E-state index in [1.165, 1.54) is 14.0 Å². The van der Waals surface area contributed by atoms with Gasteiger partial charge in [0, 0.05) is 13.0 Å². The molecule has 0 aliphatic rings. The number of nitrogens with one attached hydrogen (secondary N) is 1. The van der Waals surface area contributed by atoms with Gasteiger partial charge in [-0.1, -0.05) is 13.8 Å². The fourth-order valence-corrected chi connectivity index (χ4v) is 0.669. The number of hydrogen-bond acceptors (Lipinski definition) is 2. The first kappa shape index (κ1) is 9.94. The molecule has 0 aromatic carbocycles. The van der Waals surface area contributed by atoms with Crippen molar-refractivity contribution in [2.75, 3.05) is 7.05 Å². The van der Waals surface area contributed by atoms with E-state index in [1.54, 1.807) is 6.92 Å². The molecule has 0 aromatic rings. The monoisotopic (exact) mass is 159 g/mol. The summed E-state index contributed by atoms with van der Waals surface area (Å²) in [4.78, 5) is 21.3. The van der Waals surface area contributed by atoms with Crippen LogP contribution in [0.5, 0.6) is 0 Å². The molecule has 4 heteroatoms. The van der Waals surface area contributed by atoms with Gasteiger partial charge in [0.05, 0.1) is 5.92 Å². The molecule has 4 nitrogen and oxygen atoms in total. The molecule has 2 atom stereocenters. The van der Waals surface area contributed by atoms with Crippen molar-refractivity contribution in [2.24, 2.45) is 11.8 Å². The molecule has 0 aliphatic heterocycles. The SMILES string of the molecule is CNC(=O)C(C)C(C)C(=O)O. The molecule has 0 heterocycles. The highest BCUT2D eigenvalue weighted by Gasteiger charge is 2.24. The first-order valence-electron chi connectivity index (χ1n) is 3.45. The van der Waals surface area contributed by atoms with E-state index in [9.17, 15) is 9.59 Å². The lowest BCUT2D eigenvalue weighted by Gasteiger charge is -2.13. The molecule has 64 valence electrons. The van der Waals surface area contributed by atoms with E-state index in [0.29, 0.717) is 0 Å². The minimum atomic E-state index is -0.943. The second-order valence-corrected chi connectivity index (χ2v) is 2.53. The summed E-state index contributed by atoms with van der Waals surface area (Å²) in [7, 11) is 1.49. The van der Waals surface area contributed by atoms with Crippen molar-refractivity contribution in [3.8, 4) is 0 Å². The number of carboxylic acid groups (broad SMARTS) is 1. The van der Waals surface area contributed by atoms with E-state index in [1.807, 2.05) is 0 Å². The molecule has 0 bridgehead atoms. The third-order valence-electron chi connectivity index (χ3n) is 1.80. The Balaban J connectivity index is 4.12. The highest BCUT2D eigenvalue weighted by molar-refractivity contribution is 5.83. The Morgan fingerprint density at radius 3 is 2.00 bits per heavy atom. The van der Waals surface area contributed by atoms with Gasteiger partial charge in [0.25, 0.3) is 0 Å². The van der Waals surface area contributed by atoms with Gasteiger partial charge in [-0.3, -0.25) is 9.59 Å². The number of carbonyl (C=O) groups excluding carboxylic acids is 1. The van der Waals surface area contributed by atoms with Crippen LogP contribution in [0.3, 0.4) is 0 Å². The summed E-state index contributed by atoms with van der Waals surface area (Å²) >= 11 is 0. The van der Waals surface area contributed by atoms with Crippen LogP contribution >= 0.6 is 0 Å². The van der Waals surface area contributed by atoms with Gasteiger partial charge in [-0.05, 0) is 0 Å². The maximum atomic E-state index is 10.9. The highest BCUT2D eigenvalue weighted by atomic mass is 16.4. The third-order valence-corrected chi connectivity index (χ3v) is 1.80. The second kappa shape index (κ2) is 3.95. The predicted molar refractivity (Wildman–Crippen MR) is 40.0 cm³/mol. The zero-order chi connectivity index (χ0) is 9.02. The van der Waals surface area contributed by atoms with E-state index in [-0.39, 0.29) is 5.91 Å². The fourth-order valence-electron chi connectivity index (χ4n) is 0.669. The first-order chi connectivity index (χ1) is 5.00. The molecule has 11 heavy (non-hydrogen) atoms. The Hall–Kier alpha value is -1.06. The van der Waals surface area contributed by atoms with Crippen molar-refractivity contribution in [2.45, 2.75) is 13.8 Å². The lowest BCUT2D eigenvalue weighted by molar-refractivity contribution is -0.145. The Morgan fingerprint density at radius 2 is 1.73 bits per heavy atom. The van der Waals surface area contributed by atoms with Crippen LogP contribution in [0.25, 0.3) is 0 Å². The molecule has 2 unspecified atom stereocenters. The lowest BCUT2D eigenvalue weighted by atomic mass is 9.95. The number of amides is 1. The van der Waals surface area contributed by atoms with Crippen molar-refractivity contribution in [3.63, 3.8) is 0 Å². The topological polar surface area (TPSA) is 66.4 Å². The summed E-state index contributed by atoms with van der Waals surface area (Å²) in [5.74, 6) is -2.28. The summed E-state index contributed by atoms with van der Waals surface area (Å²) in [6.07, 6.45) is 0. The van der Waals surface area contributed by atoms with Crippen LogP contribution in [-0.4, -0.2) is 24.0 Å². The Labute approximate surface area is 65.6 Å². The predicted octanol–water partition coefficient (Wildman–Crippen LogP) is 0.0892. The fraction of sp³-hybridized carbons (Fsp3) is 0.714. The molecule has 0 fully saturated rings. The Morgan fingerprint density at radius 1 is 1.27 bits per heavy atom. The minimum Gasteiger partial charge on any atom is -0.481 e. The van der Waals surface area contributed by atoms with Gasteiger partial charge in [0.2, 0.25) is 5.91 Å². The van der Waals surface area contributed by atoms with Crippen LogP contribution in [0.1, 0.15) is 13.8 Å². The molecule has 0 aromatic heterocycles. The number of hydrogen-bond donors (Lipinski definition) is 2. The molecule has 0 saturated carbocycles. The summed E-state index contributed by atoms with van der Waals surface area (Å²) in [6, 6.07) is 0. The van der Waals surface area contributed by atoms with Crippen molar-refractivity contribution in [1.29, 1.82) is 0 Å². The molecule has 2 N–H and O–H groups in total. The van der Waals surface area contributed by atoms with Gasteiger partial charge in [0.15, 0.2) is 0 Å². The molecule has 0 spiro atoms. The van der Waals surface area contributed by atoms with Gasteiger partial charge in [-0.2, -0.15) is 0 Å². The summed E-state index contributed by atoms with van der Waals surface area (Å²) in [6.45, 7) is 3.11. The summed E-state index contributed by atoms with van der Waals surface area (Å²) in [5.41, 5.74) is 0. The molecular weight excluding hydrogens is 146 g/mol. The first-order valence-corrected chi connectivity index (χ1v) is 3.45. The zero-order valence-corrected chi connectivity index (χ0v) is 6.92. The van der Waals surface area contributed by atoms with Gasteiger partial charge < -0.3 is 10.4 Å². The van der Waals surface area contributed by atoms with Crippen LogP contribution in [0, 0.1) is 11.8 Å². The maximum Gasteiger partial charge on any atom is 0.307 e. The number of rotatable bonds is 3. The Bertz CT molecular complexity index is 167. The average Bonchev–Trinajstić information content (AvgIpc) is 2.00. The van der Waals surface area contributed by atoms with Crippen LogP contribution in [0.4, 0.5) is 0 Å². The molecule has 0 rings (SSSR count). The smallest absolute Gasteiger partial charge is 0.307 e. The van der Waals surface area contributed by atoms with Crippen molar-refractivity contribution < 1.29 is 14.7 Å². The van der Waals surface area contributed by atoms with Crippen LogP contribution in [0.15, 0.2) is 0 Å². The van der Waals surface area contributed by atoms with E-state index in [2.05, 4.69) is 5.32 Å². The van der Waals surface area contributed by atoms with E-state index in [4.69, 9.17) is 5.11 Å². The quantitative estimate of drug-likeness (QED) is 0.613. The minimum absolute atomic E-state index is 0.236. The van der Waals surface area contributed by atoms with Crippen LogP contribution in [-0.2, 0) is 9.59 Å². The van der Waals surface area contributed by atoms with Gasteiger partial charge >= 0.3 is 5.97 Å². The van der Waals surface area contributed by atoms with Crippen molar-refractivity contribution in [1.82, 2.24) is 5.32 Å². The number of aliphatic carboxylic acids is 1. The molecule has 0 radical (unpaired) electrons. The van der Waals surface area contributed by atoms with Crippen LogP contribution < -0.4 is 5.32 Å². The molecule has 0 saturated heterocycles. The highest BCUT2D eigenvalue weighted by Crippen LogP contribution is 2.10. The van der Waals surface area contributed by atoms with E-state index in [0.717, 1.165) is 0 Å². The number of carboxylic acids is 1. The van der Waals surface area contributed by atoms with Crippen LogP contribution in [0.2, 0.25) is 0 Å². The average molecular weight is 159 g/mol. The van der Waals surface area contributed by atoms with Gasteiger partial charge in [-0.15, -0.1) is 0 Å². The van der Waals surface area contributed by atoms with E-state index >= 15 is 0 Å². The summed E-state index contributed by atoms with van der Waals surface area (Å²) < 4.78 is 0. The maximum absolute atomic E-state index is 10.9. The number of carbonyl (C=O) groups is 2. The standard InChI is InChI=1S/C7H13NO3/c1-4(6(9)8-3)5(2)7(10)11/h4-5H,1-3H3,(H,8,9)(H,10,11). The zero-order valence-electron chi connectivity index (χ0n) is 6.92. The van der Waals surface area contributed by atoms with Crippen molar-refractivity contribution in [3.05, 3.63) is 0 Å². The molecule has 0 aliphatic carbocycles. The third kappa shape index (κ3) is 2.57. The normalized spacial score (nSPS) is 15.2. The largest absolute Gasteiger partial charge is 0.481 e. The molecular formula is C7H13NO3. The van der Waals surface area contributed by atoms with Gasteiger partial charge in [0.1, 0.15) is 0 Å². The Kier molecular flexibility index (Phi) is 3.57. The van der Waals surface area contributed by atoms with Crippen molar-refractivity contribution >= 4 is 11.9 Å². The summed E-state index contributed by atoms with van der Waals surface area (Å²) in [5, 5.41) is 10.9. The molecule has 1 amide bonds. The second-order valence-electron chi connectivity index (χ2n) is 2.53. The van der Waals surface area contributed by atoms with Gasteiger partial charge in [-0.25, -0.2) is 0 Å².